The molecule has 0 radical (unpaired) electrons. The molecule has 1 heterocycles. The number of primary amides is 1. The van der Waals surface area contributed by atoms with Crippen LogP contribution in [-0.2, 0) is 13.0 Å². The number of carbonyl (C=O) groups is 1. The molecular formula is C26H34FN3O4. The summed E-state index contributed by atoms with van der Waals surface area (Å²) in [6.45, 7) is 8.00. The third-order valence-corrected chi connectivity index (χ3v) is 5.66. The van der Waals surface area contributed by atoms with Crippen LogP contribution in [0.15, 0.2) is 36.4 Å². The lowest BCUT2D eigenvalue weighted by atomic mass is 10.0. The molecule has 184 valence electrons. The lowest BCUT2D eigenvalue weighted by Gasteiger charge is -2.17. The van der Waals surface area contributed by atoms with Crippen molar-refractivity contribution in [1.82, 2.24) is 9.88 Å². The summed E-state index contributed by atoms with van der Waals surface area (Å²) in [6, 6.07) is 10.3. The fraction of sp³-hybridized carbons (Fsp3) is 0.423. The lowest BCUT2D eigenvalue weighted by Crippen LogP contribution is -2.32. The number of benzene rings is 2. The molecule has 34 heavy (non-hydrogen) atoms. The van der Waals surface area contributed by atoms with E-state index in [1.807, 2.05) is 30.5 Å². The molecule has 2 aromatic carbocycles. The Morgan fingerprint density at radius 1 is 1.21 bits per heavy atom. The van der Waals surface area contributed by atoms with Gasteiger partial charge in [-0.2, -0.15) is 0 Å². The van der Waals surface area contributed by atoms with E-state index in [0.717, 1.165) is 22.2 Å². The summed E-state index contributed by atoms with van der Waals surface area (Å²) in [5, 5.41) is 13.6. The molecule has 7 nitrogen and oxygen atoms in total. The van der Waals surface area contributed by atoms with Gasteiger partial charge >= 0.3 is 0 Å². The number of rotatable bonds is 13. The fourth-order valence-corrected chi connectivity index (χ4v) is 4.19. The first kappa shape index (κ1) is 25.5. The van der Waals surface area contributed by atoms with Crippen molar-refractivity contribution in [3.8, 4) is 11.5 Å². The van der Waals surface area contributed by atoms with Gasteiger partial charge < -0.3 is 30.2 Å². The van der Waals surface area contributed by atoms with E-state index in [1.165, 1.54) is 12.1 Å². The average molecular weight is 472 g/mol. The van der Waals surface area contributed by atoms with Gasteiger partial charge in [0.25, 0.3) is 5.91 Å². The number of hydrogen-bond donors (Lipinski definition) is 3. The normalized spacial score (nSPS) is 12.1. The first-order valence-electron chi connectivity index (χ1n) is 11.7. The van der Waals surface area contributed by atoms with Crippen LogP contribution in [0.3, 0.4) is 0 Å². The maximum Gasteiger partial charge on any atom is 0.250 e. The minimum Gasteiger partial charge on any atom is -0.490 e. The Bertz CT molecular complexity index is 1130. The van der Waals surface area contributed by atoms with E-state index in [2.05, 4.69) is 18.3 Å². The first-order chi connectivity index (χ1) is 16.3. The van der Waals surface area contributed by atoms with Gasteiger partial charge in [0.2, 0.25) is 0 Å². The number of aryl methyl sites for hydroxylation is 2. The third-order valence-electron chi connectivity index (χ3n) is 5.66. The van der Waals surface area contributed by atoms with Crippen LogP contribution in [0.5, 0.6) is 11.5 Å². The molecule has 0 unspecified atom stereocenters. The molecule has 3 rings (SSSR count). The van der Waals surface area contributed by atoms with Crippen LogP contribution >= 0.6 is 0 Å². The largest absolute Gasteiger partial charge is 0.490 e. The van der Waals surface area contributed by atoms with Gasteiger partial charge in [-0.05, 0) is 69.5 Å². The highest BCUT2D eigenvalue weighted by atomic mass is 19.1. The molecule has 0 spiro atoms. The molecule has 0 aliphatic carbocycles. The molecule has 0 saturated heterocycles. The Morgan fingerprint density at radius 3 is 2.71 bits per heavy atom. The summed E-state index contributed by atoms with van der Waals surface area (Å²) in [6.07, 6.45) is 1.30. The Hall–Kier alpha value is -3.10. The Morgan fingerprint density at radius 2 is 2.00 bits per heavy atom. The first-order valence-corrected chi connectivity index (χ1v) is 11.7. The van der Waals surface area contributed by atoms with Gasteiger partial charge in [-0.25, -0.2) is 4.39 Å². The number of aliphatic hydroxyl groups is 1. The van der Waals surface area contributed by atoms with E-state index >= 15 is 0 Å². The van der Waals surface area contributed by atoms with Crippen molar-refractivity contribution in [3.63, 3.8) is 0 Å². The Kier molecular flexibility index (Phi) is 8.90. The van der Waals surface area contributed by atoms with E-state index in [0.29, 0.717) is 56.2 Å². The molecule has 4 N–H and O–H groups in total. The zero-order chi connectivity index (χ0) is 24.7. The summed E-state index contributed by atoms with van der Waals surface area (Å²) < 4.78 is 26.8. The van der Waals surface area contributed by atoms with Crippen LogP contribution in [0, 0.1) is 12.7 Å². The number of hydrogen-bond acceptors (Lipinski definition) is 5. The Labute approximate surface area is 199 Å². The zero-order valence-corrected chi connectivity index (χ0v) is 20.1. The van der Waals surface area contributed by atoms with E-state index in [4.69, 9.17) is 15.2 Å². The molecule has 0 saturated carbocycles. The van der Waals surface area contributed by atoms with E-state index in [-0.39, 0.29) is 18.5 Å². The minimum absolute atomic E-state index is 0.0855. The number of aromatic nitrogens is 1. The van der Waals surface area contributed by atoms with Crippen molar-refractivity contribution in [2.45, 2.75) is 46.2 Å². The van der Waals surface area contributed by atoms with Gasteiger partial charge in [0.15, 0.2) is 11.5 Å². The predicted molar refractivity (Wildman–Crippen MR) is 131 cm³/mol. The molecule has 0 aliphatic rings. The molecule has 0 fully saturated rings. The minimum atomic E-state index is -0.468. The molecule has 1 atom stereocenters. The monoisotopic (exact) mass is 471 g/mol. The SMILES string of the molecule is CCOc1ccc(F)cc1OCCN[C@H](C)Cc1cc(C(N)=O)c2c(c1)cc(C)n2CCCO. The van der Waals surface area contributed by atoms with Crippen LogP contribution in [0.1, 0.15) is 41.9 Å². The standard InChI is InChI=1S/C26H34FN3O4/c1-4-33-23-7-6-21(27)16-24(23)34-11-8-29-17(2)12-19-14-20-13-18(3)30(9-5-10-31)25(20)22(15-19)26(28)32/h6-7,13-17,29,31H,4-5,8-12H2,1-3H3,(H2,28,32)/t17-/m1/s1. The van der Waals surface area contributed by atoms with Crippen molar-refractivity contribution in [2.75, 3.05) is 26.4 Å². The summed E-state index contributed by atoms with van der Waals surface area (Å²) in [7, 11) is 0. The van der Waals surface area contributed by atoms with Crippen molar-refractivity contribution < 1.29 is 23.8 Å². The average Bonchev–Trinajstić information content (AvgIpc) is 3.11. The fourth-order valence-electron chi connectivity index (χ4n) is 4.19. The predicted octanol–water partition coefficient (Wildman–Crippen LogP) is 3.57. The highest BCUT2D eigenvalue weighted by Crippen LogP contribution is 2.28. The number of halogens is 1. The number of ether oxygens (including phenoxy) is 2. The van der Waals surface area contributed by atoms with Crippen molar-refractivity contribution in [3.05, 3.63) is 59.0 Å². The number of nitrogens with one attached hydrogen (secondary N) is 1. The number of nitrogens with two attached hydrogens (primary N) is 1. The molecule has 1 aromatic heterocycles. The van der Waals surface area contributed by atoms with Gasteiger partial charge in [-0.3, -0.25) is 4.79 Å². The maximum absolute atomic E-state index is 13.6. The second kappa shape index (κ2) is 11.9. The summed E-state index contributed by atoms with van der Waals surface area (Å²) in [4.78, 5) is 12.2. The molecule has 0 bridgehead atoms. The van der Waals surface area contributed by atoms with Gasteiger partial charge in [-0.1, -0.05) is 0 Å². The Balaban J connectivity index is 1.64. The summed E-state index contributed by atoms with van der Waals surface area (Å²) >= 11 is 0. The van der Waals surface area contributed by atoms with Crippen molar-refractivity contribution in [1.29, 1.82) is 0 Å². The number of aliphatic hydroxyl groups excluding tert-OH is 1. The number of amides is 1. The zero-order valence-electron chi connectivity index (χ0n) is 20.1. The number of nitrogens with zero attached hydrogens (tertiary/aromatic N) is 1. The molecule has 3 aromatic rings. The van der Waals surface area contributed by atoms with Crippen LogP contribution < -0.4 is 20.5 Å². The molecular weight excluding hydrogens is 437 g/mol. The highest BCUT2D eigenvalue weighted by Gasteiger charge is 2.16. The second-order valence-corrected chi connectivity index (χ2v) is 8.39. The van der Waals surface area contributed by atoms with E-state index in [9.17, 15) is 14.3 Å². The van der Waals surface area contributed by atoms with E-state index < -0.39 is 5.91 Å². The molecule has 0 aliphatic heterocycles. The molecule has 1 amide bonds. The van der Waals surface area contributed by atoms with Crippen molar-refractivity contribution >= 4 is 16.8 Å². The number of fused-ring (bicyclic) bond motifs is 1. The van der Waals surface area contributed by atoms with Crippen LogP contribution in [-0.4, -0.2) is 48.0 Å². The quantitative estimate of drug-likeness (QED) is 0.331. The van der Waals surface area contributed by atoms with E-state index in [1.54, 1.807) is 6.07 Å². The summed E-state index contributed by atoms with van der Waals surface area (Å²) in [5.74, 6) is 0.0599. The topological polar surface area (TPSA) is 98.7 Å². The van der Waals surface area contributed by atoms with Crippen molar-refractivity contribution in [2.24, 2.45) is 5.73 Å². The van der Waals surface area contributed by atoms with Gasteiger partial charge in [-0.15, -0.1) is 0 Å². The third kappa shape index (κ3) is 6.27. The van der Waals surface area contributed by atoms with Crippen LogP contribution in [0.4, 0.5) is 4.39 Å². The molecule has 8 heteroatoms. The van der Waals surface area contributed by atoms with Gasteiger partial charge in [0, 0.05) is 42.9 Å². The van der Waals surface area contributed by atoms with Gasteiger partial charge in [0.05, 0.1) is 17.7 Å². The highest BCUT2D eigenvalue weighted by molar-refractivity contribution is 6.05. The maximum atomic E-state index is 13.6. The van der Waals surface area contributed by atoms with Crippen LogP contribution in [0.2, 0.25) is 0 Å². The summed E-state index contributed by atoms with van der Waals surface area (Å²) in [5.41, 5.74) is 9.05. The number of carbonyl (C=O) groups excluding carboxylic acids is 1. The van der Waals surface area contributed by atoms with Crippen LogP contribution in [0.25, 0.3) is 10.9 Å². The van der Waals surface area contributed by atoms with Gasteiger partial charge in [0.1, 0.15) is 12.4 Å². The lowest BCUT2D eigenvalue weighted by molar-refractivity contribution is 0.100. The smallest absolute Gasteiger partial charge is 0.250 e. The second-order valence-electron chi connectivity index (χ2n) is 8.39.